The Balaban J connectivity index is 1.63. The van der Waals surface area contributed by atoms with Crippen LogP contribution in [-0.2, 0) is 24.5 Å². The number of hydrogen-bond donors (Lipinski definition) is 1. The molecular formula is C22H30FN3O5S2. The fraction of sp³-hybridized carbons (Fsp3) is 0.636. The number of likely N-dealkylation sites (tertiary alicyclic amines) is 1. The number of rotatable bonds is 7. The Morgan fingerprint density at radius 3 is 2.36 bits per heavy atom. The van der Waals surface area contributed by atoms with Gasteiger partial charge in [-0.3, -0.25) is 4.79 Å². The number of nitrogens with one attached hydrogen (secondary N) is 1. The van der Waals surface area contributed by atoms with Gasteiger partial charge >= 0.3 is 0 Å². The van der Waals surface area contributed by atoms with Crippen LogP contribution in [0.15, 0.2) is 34.1 Å². The van der Waals surface area contributed by atoms with E-state index in [4.69, 9.17) is 5.26 Å². The normalized spacial score (nSPS) is 27.4. The van der Waals surface area contributed by atoms with Crippen molar-refractivity contribution in [3.8, 4) is 6.07 Å². The predicted octanol–water partition coefficient (Wildman–Crippen LogP) is 1.72. The maximum Gasteiger partial charge on any atom is 0.237 e. The first-order chi connectivity index (χ1) is 15.3. The summed E-state index contributed by atoms with van der Waals surface area (Å²) in [4.78, 5) is 13.9. The molecule has 3 rings (SSSR count). The zero-order chi connectivity index (χ0) is 24.6. The number of carbonyl (C=O) groups is 1. The van der Waals surface area contributed by atoms with E-state index in [0.717, 1.165) is 6.26 Å². The van der Waals surface area contributed by atoms with Crippen molar-refractivity contribution in [2.75, 3.05) is 25.1 Å². The quantitative estimate of drug-likeness (QED) is 0.606. The number of nitriles is 1. The van der Waals surface area contributed by atoms with Crippen LogP contribution in [0.1, 0.15) is 33.1 Å². The van der Waals surface area contributed by atoms with E-state index in [2.05, 4.69) is 5.32 Å². The van der Waals surface area contributed by atoms with Crippen LogP contribution < -0.4 is 5.32 Å². The molecule has 1 aromatic rings. The smallest absolute Gasteiger partial charge is 0.237 e. The number of nitrogens with zero attached hydrogens (tertiary/aromatic N) is 2. The molecule has 1 amide bonds. The molecule has 1 aromatic carbocycles. The van der Waals surface area contributed by atoms with Gasteiger partial charge in [0.15, 0.2) is 19.7 Å². The molecule has 2 aliphatic rings. The second-order valence-corrected chi connectivity index (χ2v) is 13.6. The number of amides is 1. The molecule has 0 radical (unpaired) electrons. The summed E-state index contributed by atoms with van der Waals surface area (Å²) in [6.07, 6.45) is 1.23. The second-order valence-electron chi connectivity index (χ2n) is 9.58. The van der Waals surface area contributed by atoms with Crippen molar-refractivity contribution in [1.82, 2.24) is 10.2 Å². The molecule has 182 valence electrons. The summed E-state index contributed by atoms with van der Waals surface area (Å²) < 4.78 is 62.8. The Morgan fingerprint density at radius 2 is 1.79 bits per heavy atom. The minimum absolute atomic E-state index is 0.0300. The lowest BCUT2D eigenvalue weighted by Gasteiger charge is -2.34. The highest BCUT2D eigenvalue weighted by Crippen LogP contribution is 2.44. The summed E-state index contributed by atoms with van der Waals surface area (Å²) in [5.74, 6) is -0.589. The number of halogens is 1. The molecule has 2 fully saturated rings. The highest BCUT2D eigenvalue weighted by molar-refractivity contribution is 7.91. The number of sulfone groups is 2. The van der Waals surface area contributed by atoms with Crippen molar-refractivity contribution in [2.45, 2.75) is 61.2 Å². The van der Waals surface area contributed by atoms with Crippen LogP contribution in [0.4, 0.5) is 4.39 Å². The van der Waals surface area contributed by atoms with Crippen molar-refractivity contribution >= 4 is 25.6 Å². The third-order valence-corrected chi connectivity index (χ3v) is 9.96. The van der Waals surface area contributed by atoms with Gasteiger partial charge < -0.3 is 10.2 Å². The number of hydrogen-bond acceptors (Lipinski definition) is 7. The third kappa shape index (κ3) is 5.55. The first-order valence-electron chi connectivity index (χ1n) is 10.8. The van der Waals surface area contributed by atoms with Crippen molar-refractivity contribution in [1.29, 1.82) is 5.26 Å². The van der Waals surface area contributed by atoms with Gasteiger partial charge in [0.2, 0.25) is 5.91 Å². The van der Waals surface area contributed by atoms with Gasteiger partial charge in [0.1, 0.15) is 12.2 Å². The van der Waals surface area contributed by atoms with Crippen molar-refractivity contribution in [3.63, 3.8) is 0 Å². The van der Waals surface area contributed by atoms with E-state index in [1.54, 1.807) is 0 Å². The van der Waals surface area contributed by atoms with E-state index in [-0.39, 0.29) is 52.9 Å². The molecule has 0 bridgehead atoms. The molecule has 1 heterocycles. The zero-order valence-electron chi connectivity index (χ0n) is 19.0. The summed E-state index contributed by atoms with van der Waals surface area (Å²) in [5, 5.41) is 12.3. The average molecular weight is 500 g/mol. The molecule has 1 aliphatic carbocycles. The van der Waals surface area contributed by atoms with Gasteiger partial charge in [0, 0.05) is 18.7 Å². The molecule has 4 atom stereocenters. The number of carbonyl (C=O) groups excluding carboxylic acids is 1. The topological polar surface area (TPSA) is 124 Å². The average Bonchev–Trinajstić information content (AvgIpc) is 3.24. The SMILES string of the molecule is CC1(C)[C@@H](CS(=O)(=O)c2ccc(S(C)(=O)=O)cc2)CC[C@H]1NCC(=O)N1C[C@@H](F)C[C@H]1C#N. The first-order valence-corrected chi connectivity index (χ1v) is 14.4. The van der Waals surface area contributed by atoms with Crippen LogP contribution in [0.2, 0.25) is 0 Å². The van der Waals surface area contributed by atoms with E-state index in [9.17, 15) is 26.0 Å². The van der Waals surface area contributed by atoms with Crippen LogP contribution in [0.3, 0.4) is 0 Å². The van der Waals surface area contributed by atoms with Gasteiger partial charge in [-0.25, -0.2) is 21.2 Å². The maximum atomic E-state index is 13.6. The fourth-order valence-electron chi connectivity index (χ4n) is 4.81. The largest absolute Gasteiger partial charge is 0.323 e. The van der Waals surface area contributed by atoms with Crippen molar-refractivity contribution in [3.05, 3.63) is 24.3 Å². The molecule has 1 saturated heterocycles. The Bertz CT molecular complexity index is 1140. The van der Waals surface area contributed by atoms with E-state index in [0.29, 0.717) is 12.8 Å². The van der Waals surface area contributed by atoms with E-state index in [1.165, 1.54) is 29.2 Å². The van der Waals surface area contributed by atoms with Gasteiger partial charge in [-0.2, -0.15) is 5.26 Å². The van der Waals surface area contributed by atoms with Crippen molar-refractivity contribution < 1.29 is 26.0 Å². The summed E-state index contributed by atoms with van der Waals surface area (Å²) in [6.45, 7) is 3.80. The van der Waals surface area contributed by atoms with Gasteiger partial charge in [-0.15, -0.1) is 0 Å². The first kappa shape index (κ1) is 25.6. The Hall–Kier alpha value is -2.03. The fourth-order valence-corrected chi connectivity index (χ4v) is 7.31. The predicted molar refractivity (Wildman–Crippen MR) is 121 cm³/mol. The molecule has 1 N–H and O–H groups in total. The van der Waals surface area contributed by atoms with E-state index < -0.39 is 37.3 Å². The van der Waals surface area contributed by atoms with Gasteiger partial charge in [0.25, 0.3) is 0 Å². The molecule has 0 unspecified atom stereocenters. The van der Waals surface area contributed by atoms with Gasteiger partial charge in [-0.1, -0.05) is 13.8 Å². The van der Waals surface area contributed by atoms with Crippen LogP contribution in [0, 0.1) is 22.7 Å². The number of benzene rings is 1. The minimum atomic E-state index is -3.64. The van der Waals surface area contributed by atoms with Crippen LogP contribution in [0.5, 0.6) is 0 Å². The minimum Gasteiger partial charge on any atom is -0.323 e. The third-order valence-electron chi connectivity index (χ3n) is 7.00. The zero-order valence-corrected chi connectivity index (χ0v) is 20.6. The highest BCUT2D eigenvalue weighted by atomic mass is 32.2. The van der Waals surface area contributed by atoms with E-state index in [1.807, 2.05) is 19.9 Å². The van der Waals surface area contributed by atoms with E-state index >= 15 is 0 Å². The Morgan fingerprint density at radius 1 is 1.18 bits per heavy atom. The lowest BCUT2D eigenvalue weighted by molar-refractivity contribution is -0.130. The highest BCUT2D eigenvalue weighted by Gasteiger charge is 2.45. The summed E-state index contributed by atoms with van der Waals surface area (Å²) >= 11 is 0. The lowest BCUT2D eigenvalue weighted by Crippen LogP contribution is -2.47. The molecule has 1 aliphatic heterocycles. The van der Waals surface area contributed by atoms with Crippen LogP contribution >= 0.6 is 0 Å². The second kappa shape index (κ2) is 9.31. The molecule has 8 nitrogen and oxygen atoms in total. The number of alkyl halides is 1. The molecule has 1 saturated carbocycles. The van der Waals surface area contributed by atoms with Crippen LogP contribution in [0.25, 0.3) is 0 Å². The molecule has 33 heavy (non-hydrogen) atoms. The Kier molecular flexibility index (Phi) is 7.22. The summed E-state index contributed by atoms with van der Waals surface area (Å²) in [6, 6.07) is 6.34. The molecule has 0 spiro atoms. The molecule has 11 heteroatoms. The Labute approximate surface area is 195 Å². The standard InChI is InChI=1S/C22H30FN3O5S2/c1-22(2)15(14-33(30,31)19-7-5-18(6-8-19)32(3,28)29)4-9-20(22)25-12-21(27)26-13-16(23)10-17(26)11-24/h5-8,15-17,20,25H,4,9-10,12-14H2,1-3H3/t15-,16+,17+,20-/m1/s1. The lowest BCUT2D eigenvalue weighted by atomic mass is 9.80. The monoisotopic (exact) mass is 499 g/mol. The maximum absolute atomic E-state index is 13.6. The van der Waals surface area contributed by atoms with Crippen molar-refractivity contribution in [2.24, 2.45) is 11.3 Å². The molecular weight excluding hydrogens is 469 g/mol. The summed E-state index contributed by atoms with van der Waals surface area (Å²) in [7, 11) is -7.05. The molecule has 0 aromatic heterocycles. The van der Waals surface area contributed by atoms with Crippen LogP contribution in [-0.4, -0.2) is 71.0 Å². The van der Waals surface area contributed by atoms with Gasteiger partial charge in [-0.05, 0) is 48.4 Å². The summed E-state index contributed by atoms with van der Waals surface area (Å²) in [5.41, 5.74) is -0.428. The van der Waals surface area contributed by atoms with Gasteiger partial charge in [0.05, 0.1) is 34.7 Å².